The predicted octanol–water partition coefficient (Wildman–Crippen LogP) is 2.29. The average Bonchev–Trinajstić information content (AvgIpc) is 2.66. The molecule has 4 N–H and O–H groups in total. The van der Waals surface area contributed by atoms with Gasteiger partial charge in [0.15, 0.2) is 5.96 Å². The minimum absolute atomic E-state index is 0.0848. The number of guanidine groups is 1. The molecule has 0 unspecified atom stereocenters. The van der Waals surface area contributed by atoms with Gasteiger partial charge in [-0.3, -0.25) is 0 Å². The molecule has 0 radical (unpaired) electrons. The number of sulfonamides is 1. The molecule has 0 aliphatic carbocycles. The number of ether oxygens (including phenoxy) is 1. The Labute approximate surface area is 171 Å². The van der Waals surface area contributed by atoms with Crippen molar-refractivity contribution >= 4 is 27.6 Å². The zero-order valence-corrected chi connectivity index (χ0v) is 17.5. The smallest absolute Gasteiger partial charge is 0.238 e. The molecule has 0 saturated heterocycles. The molecule has 0 aliphatic rings. The summed E-state index contributed by atoms with van der Waals surface area (Å²) in [7, 11) is -2.08. The van der Waals surface area contributed by atoms with Crippen molar-refractivity contribution in [1.82, 2.24) is 10.6 Å². The molecular formula is C19H25ClN4O3S. The molecule has 0 aromatic heterocycles. The van der Waals surface area contributed by atoms with Gasteiger partial charge in [0, 0.05) is 18.1 Å². The first kappa shape index (κ1) is 22.0. The van der Waals surface area contributed by atoms with Crippen molar-refractivity contribution in [2.24, 2.45) is 10.1 Å². The molecule has 152 valence electrons. The Morgan fingerprint density at radius 1 is 1.18 bits per heavy atom. The third-order valence-electron chi connectivity index (χ3n) is 3.96. The van der Waals surface area contributed by atoms with Crippen LogP contribution >= 0.6 is 11.6 Å². The molecule has 0 bridgehead atoms. The van der Waals surface area contributed by atoms with E-state index >= 15 is 0 Å². The molecule has 2 rings (SSSR count). The van der Waals surface area contributed by atoms with Crippen molar-refractivity contribution in [3.8, 4) is 5.75 Å². The van der Waals surface area contributed by atoms with Gasteiger partial charge in [-0.1, -0.05) is 29.8 Å². The SMILES string of the molecule is CCNC(=NCc1ccc(S(N)(=O)=O)cc1)NCCc1ccc(OC)cc1Cl. The summed E-state index contributed by atoms with van der Waals surface area (Å²) in [5, 5.41) is 12.2. The normalized spacial score (nSPS) is 11.9. The molecule has 0 saturated carbocycles. The first-order valence-electron chi connectivity index (χ1n) is 8.80. The number of nitrogens with one attached hydrogen (secondary N) is 2. The van der Waals surface area contributed by atoms with Gasteiger partial charge in [0.1, 0.15) is 5.75 Å². The quantitative estimate of drug-likeness (QED) is 0.445. The van der Waals surface area contributed by atoms with E-state index in [0.717, 1.165) is 29.8 Å². The number of aliphatic imine (C=N–C) groups is 1. The van der Waals surface area contributed by atoms with E-state index in [1.54, 1.807) is 25.3 Å². The summed E-state index contributed by atoms with van der Waals surface area (Å²) in [4.78, 5) is 4.60. The molecule has 2 aromatic carbocycles. The van der Waals surface area contributed by atoms with Crippen LogP contribution in [0.25, 0.3) is 0 Å². The lowest BCUT2D eigenvalue weighted by Crippen LogP contribution is -2.38. The van der Waals surface area contributed by atoms with E-state index in [-0.39, 0.29) is 4.90 Å². The van der Waals surface area contributed by atoms with E-state index in [4.69, 9.17) is 21.5 Å². The largest absolute Gasteiger partial charge is 0.497 e. The standard InChI is InChI=1S/C19H25ClN4O3S/c1-3-22-19(23-11-10-15-6-7-16(27-2)12-18(15)20)24-13-14-4-8-17(9-5-14)28(21,25)26/h4-9,12H,3,10-11,13H2,1-2H3,(H2,21,25,26)(H2,22,23,24). The number of methoxy groups -OCH3 is 1. The Hall–Kier alpha value is -2.29. The number of benzene rings is 2. The van der Waals surface area contributed by atoms with Crippen LogP contribution in [0.1, 0.15) is 18.1 Å². The highest BCUT2D eigenvalue weighted by Crippen LogP contribution is 2.22. The van der Waals surface area contributed by atoms with Crippen LogP contribution in [-0.2, 0) is 23.0 Å². The first-order valence-corrected chi connectivity index (χ1v) is 10.7. The number of halogens is 1. The summed E-state index contributed by atoms with van der Waals surface area (Å²) < 4.78 is 27.8. The van der Waals surface area contributed by atoms with Crippen molar-refractivity contribution < 1.29 is 13.2 Å². The van der Waals surface area contributed by atoms with Crippen LogP contribution < -0.4 is 20.5 Å². The highest BCUT2D eigenvalue weighted by molar-refractivity contribution is 7.89. The van der Waals surface area contributed by atoms with Gasteiger partial charge in [0.25, 0.3) is 0 Å². The fraction of sp³-hybridized carbons (Fsp3) is 0.316. The first-order chi connectivity index (χ1) is 13.3. The van der Waals surface area contributed by atoms with Crippen LogP contribution in [-0.4, -0.2) is 34.6 Å². The number of primary sulfonamides is 1. The Morgan fingerprint density at radius 2 is 1.89 bits per heavy atom. The molecule has 0 fully saturated rings. The van der Waals surface area contributed by atoms with Gasteiger partial charge < -0.3 is 15.4 Å². The number of hydrogen-bond acceptors (Lipinski definition) is 4. The van der Waals surface area contributed by atoms with E-state index in [0.29, 0.717) is 24.1 Å². The van der Waals surface area contributed by atoms with Gasteiger partial charge >= 0.3 is 0 Å². The third-order valence-corrected chi connectivity index (χ3v) is 5.24. The van der Waals surface area contributed by atoms with Crippen LogP contribution in [0.2, 0.25) is 5.02 Å². The molecule has 9 heteroatoms. The molecule has 2 aromatic rings. The third kappa shape index (κ3) is 6.70. The number of nitrogens with zero attached hydrogens (tertiary/aromatic N) is 1. The second-order valence-corrected chi connectivity index (χ2v) is 7.99. The molecule has 0 heterocycles. The lowest BCUT2D eigenvalue weighted by atomic mass is 10.1. The zero-order chi connectivity index (χ0) is 20.6. The molecule has 0 aliphatic heterocycles. The Balaban J connectivity index is 1.95. The van der Waals surface area contributed by atoms with Gasteiger partial charge in [-0.25, -0.2) is 18.5 Å². The number of rotatable bonds is 8. The van der Waals surface area contributed by atoms with E-state index in [1.807, 2.05) is 19.1 Å². The number of hydrogen-bond donors (Lipinski definition) is 3. The fourth-order valence-electron chi connectivity index (χ4n) is 2.47. The maximum atomic E-state index is 11.3. The maximum absolute atomic E-state index is 11.3. The number of nitrogens with two attached hydrogens (primary N) is 1. The second-order valence-electron chi connectivity index (χ2n) is 6.02. The summed E-state index contributed by atoms with van der Waals surface area (Å²) >= 11 is 6.27. The van der Waals surface area contributed by atoms with Gasteiger partial charge in [0.05, 0.1) is 18.6 Å². The Bertz CT molecular complexity index is 915. The van der Waals surface area contributed by atoms with Gasteiger partial charge in [-0.2, -0.15) is 0 Å². The van der Waals surface area contributed by atoms with Crippen molar-refractivity contribution in [3.63, 3.8) is 0 Å². The lowest BCUT2D eigenvalue weighted by Gasteiger charge is -2.12. The van der Waals surface area contributed by atoms with E-state index in [1.165, 1.54) is 12.1 Å². The molecule has 0 spiro atoms. The highest BCUT2D eigenvalue weighted by atomic mass is 35.5. The van der Waals surface area contributed by atoms with Crippen molar-refractivity contribution in [3.05, 3.63) is 58.6 Å². The second kappa shape index (κ2) is 10.3. The van der Waals surface area contributed by atoms with Crippen LogP contribution in [0.15, 0.2) is 52.4 Å². The summed E-state index contributed by atoms with van der Waals surface area (Å²) in [6.07, 6.45) is 0.732. The summed E-state index contributed by atoms with van der Waals surface area (Å²) in [6.45, 7) is 3.77. The van der Waals surface area contributed by atoms with Crippen molar-refractivity contribution in [2.75, 3.05) is 20.2 Å². The fourth-order valence-corrected chi connectivity index (χ4v) is 3.25. The summed E-state index contributed by atoms with van der Waals surface area (Å²) in [5.41, 5.74) is 1.90. The highest BCUT2D eigenvalue weighted by Gasteiger charge is 2.07. The predicted molar refractivity (Wildman–Crippen MR) is 112 cm³/mol. The lowest BCUT2D eigenvalue weighted by molar-refractivity contribution is 0.414. The summed E-state index contributed by atoms with van der Waals surface area (Å²) in [5.74, 6) is 1.40. The zero-order valence-electron chi connectivity index (χ0n) is 15.9. The van der Waals surface area contributed by atoms with Crippen molar-refractivity contribution in [1.29, 1.82) is 0 Å². The van der Waals surface area contributed by atoms with Crippen LogP contribution in [0, 0.1) is 0 Å². The van der Waals surface area contributed by atoms with Gasteiger partial charge in [0.2, 0.25) is 10.0 Å². The maximum Gasteiger partial charge on any atom is 0.238 e. The van der Waals surface area contributed by atoms with E-state index in [2.05, 4.69) is 15.6 Å². The summed E-state index contributed by atoms with van der Waals surface area (Å²) in [6, 6.07) is 12.0. The molecular weight excluding hydrogens is 400 g/mol. The molecule has 0 atom stereocenters. The van der Waals surface area contributed by atoms with Crippen LogP contribution in [0.3, 0.4) is 0 Å². The minimum atomic E-state index is -3.69. The van der Waals surface area contributed by atoms with E-state index in [9.17, 15) is 8.42 Å². The van der Waals surface area contributed by atoms with Gasteiger partial charge in [-0.15, -0.1) is 0 Å². The molecule has 28 heavy (non-hydrogen) atoms. The Kier molecular flexibility index (Phi) is 8.10. The van der Waals surface area contributed by atoms with Crippen molar-refractivity contribution in [2.45, 2.75) is 24.8 Å². The van der Waals surface area contributed by atoms with Crippen LogP contribution in [0.4, 0.5) is 0 Å². The van der Waals surface area contributed by atoms with Crippen LogP contribution in [0.5, 0.6) is 5.75 Å². The van der Waals surface area contributed by atoms with Gasteiger partial charge in [-0.05, 0) is 48.7 Å². The van der Waals surface area contributed by atoms with E-state index < -0.39 is 10.0 Å². The topological polar surface area (TPSA) is 106 Å². The Morgan fingerprint density at radius 3 is 2.46 bits per heavy atom. The molecule has 7 nitrogen and oxygen atoms in total. The monoisotopic (exact) mass is 424 g/mol. The molecule has 0 amide bonds. The minimum Gasteiger partial charge on any atom is -0.497 e. The average molecular weight is 425 g/mol.